The molecule has 0 aliphatic carbocycles. The van der Waals surface area contributed by atoms with Gasteiger partial charge < -0.3 is 11.5 Å². The molecule has 1 rings (SSSR count). The Bertz CT molecular complexity index is 370. The van der Waals surface area contributed by atoms with Gasteiger partial charge in [-0.25, -0.2) is 9.38 Å². The molecule has 0 aliphatic heterocycles. The fourth-order valence-corrected chi connectivity index (χ4v) is 1.02. The first-order chi connectivity index (χ1) is 7.13. The van der Waals surface area contributed by atoms with E-state index in [-0.39, 0.29) is 11.7 Å². The molecule has 5 N–H and O–H groups in total. The van der Waals surface area contributed by atoms with Gasteiger partial charge in [0.05, 0.1) is 0 Å². The quantitative estimate of drug-likeness (QED) is 0.508. The van der Waals surface area contributed by atoms with Gasteiger partial charge in [-0.1, -0.05) is 0 Å². The largest absolute Gasteiger partial charge is 0.387 e. The van der Waals surface area contributed by atoms with Crippen LogP contribution in [0.1, 0.15) is 12.0 Å². The summed E-state index contributed by atoms with van der Waals surface area (Å²) in [5, 5.41) is 7.58. The summed E-state index contributed by atoms with van der Waals surface area (Å²) in [6, 6.07) is 5.52. The molecule has 1 aromatic carbocycles. The second-order valence-corrected chi connectivity index (χ2v) is 3.00. The lowest BCUT2D eigenvalue weighted by Crippen LogP contribution is -2.18. The van der Waals surface area contributed by atoms with Crippen LogP contribution < -0.4 is 11.5 Å². The summed E-state index contributed by atoms with van der Waals surface area (Å²) in [5.74, 6) is -0.0155. The van der Waals surface area contributed by atoms with E-state index in [2.05, 4.69) is 4.99 Å². The Balaban J connectivity index is 2.77. The van der Waals surface area contributed by atoms with Crippen molar-refractivity contribution in [1.29, 1.82) is 5.41 Å². The first-order valence-electron chi connectivity index (χ1n) is 4.51. The summed E-state index contributed by atoms with van der Waals surface area (Å²) in [6.45, 7) is 0.395. The number of benzene rings is 1. The Morgan fingerprint density at radius 2 is 1.93 bits per heavy atom. The summed E-state index contributed by atoms with van der Waals surface area (Å²) in [6.07, 6.45) is 0.448. The van der Waals surface area contributed by atoms with E-state index in [0.717, 1.165) is 0 Å². The zero-order valence-corrected chi connectivity index (χ0v) is 8.20. The maximum Gasteiger partial charge on any atom is 0.153 e. The van der Waals surface area contributed by atoms with E-state index in [1.54, 1.807) is 0 Å². The van der Waals surface area contributed by atoms with Crippen molar-refractivity contribution >= 4 is 11.7 Å². The number of hydrogen-bond donors (Lipinski definition) is 3. The minimum Gasteiger partial charge on any atom is -0.387 e. The normalized spacial score (nSPS) is 11.5. The van der Waals surface area contributed by atoms with Crippen molar-refractivity contribution in [3.05, 3.63) is 35.6 Å². The van der Waals surface area contributed by atoms with Gasteiger partial charge >= 0.3 is 0 Å². The average Bonchev–Trinajstić information content (AvgIpc) is 2.18. The number of hydrogen-bond acceptors (Lipinski definition) is 2. The predicted octanol–water partition coefficient (Wildman–Crippen LogP) is 0.857. The third-order valence-electron chi connectivity index (χ3n) is 1.77. The number of amidine groups is 2. The summed E-state index contributed by atoms with van der Waals surface area (Å²) >= 11 is 0. The number of nitrogens with two attached hydrogens (primary N) is 2. The number of nitrogens with zero attached hydrogens (tertiary/aromatic N) is 1. The van der Waals surface area contributed by atoms with Gasteiger partial charge in [-0.05, 0) is 30.8 Å². The van der Waals surface area contributed by atoms with Crippen LogP contribution in [0.2, 0.25) is 0 Å². The topological polar surface area (TPSA) is 88.2 Å². The number of aliphatic imine (C=N–C) groups is 1. The fourth-order valence-electron chi connectivity index (χ4n) is 1.02. The highest BCUT2D eigenvalue weighted by molar-refractivity contribution is 6.04. The van der Waals surface area contributed by atoms with Crippen molar-refractivity contribution in [2.45, 2.75) is 6.42 Å². The Morgan fingerprint density at radius 1 is 1.33 bits per heavy atom. The van der Waals surface area contributed by atoms with Crippen LogP contribution in [0.4, 0.5) is 4.39 Å². The number of halogens is 1. The van der Waals surface area contributed by atoms with Crippen LogP contribution in [0.15, 0.2) is 29.3 Å². The van der Waals surface area contributed by atoms with Crippen LogP contribution in [0, 0.1) is 11.2 Å². The Hall–Kier alpha value is -1.75. The molecule has 1 aromatic rings. The highest BCUT2D eigenvalue weighted by atomic mass is 19.1. The molecule has 0 unspecified atom stereocenters. The molecule has 4 nitrogen and oxygen atoms in total. The maximum absolute atomic E-state index is 12.6. The van der Waals surface area contributed by atoms with Gasteiger partial charge in [0.1, 0.15) is 11.7 Å². The first-order valence-corrected chi connectivity index (χ1v) is 4.51. The summed E-state index contributed by atoms with van der Waals surface area (Å²) in [5.41, 5.74) is 11.3. The Labute approximate surface area is 87.3 Å². The Morgan fingerprint density at radius 3 is 2.47 bits per heavy atom. The molecule has 0 bridgehead atoms. The van der Waals surface area contributed by atoms with Crippen molar-refractivity contribution in [3.63, 3.8) is 0 Å². The van der Waals surface area contributed by atoms with Crippen LogP contribution in [0.3, 0.4) is 0 Å². The van der Waals surface area contributed by atoms with E-state index >= 15 is 0 Å². The molecular weight excluding hydrogens is 195 g/mol. The molecule has 0 fully saturated rings. The molecule has 15 heavy (non-hydrogen) atoms. The van der Waals surface area contributed by atoms with E-state index in [1.807, 2.05) is 0 Å². The molecule has 0 aliphatic rings. The van der Waals surface area contributed by atoms with Crippen molar-refractivity contribution < 1.29 is 4.39 Å². The van der Waals surface area contributed by atoms with Gasteiger partial charge in [-0.2, -0.15) is 0 Å². The third kappa shape index (κ3) is 3.47. The molecule has 80 valence electrons. The second kappa shape index (κ2) is 5.21. The highest BCUT2D eigenvalue weighted by Gasteiger charge is 2.00. The van der Waals surface area contributed by atoms with E-state index in [4.69, 9.17) is 16.9 Å². The molecule has 0 saturated carbocycles. The van der Waals surface area contributed by atoms with E-state index in [0.29, 0.717) is 24.4 Å². The van der Waals surface area contributed by atoms with Crippen LogP contribution in [0.25, 0.3) is 0 Å². The maximum atomic E-state index is 12.6. The van der Waals surface area contributed by atoms with Gasteiger partial charge in [-0.15, -0.1) is 0 Å². The highest BCUT2D eigenvalue weighted by Crippen LogP contribution is 2.04. The van der Waals surface area contributed by atoms with Crippen molar-refractivity contribution in [2.24, 2.45) is 16.5 Å². The SMILES string of the molecule is N=C(N=C(N)CCN)c1ccc(F)cc1. The molecule has 0 aromatic heterocycles. The smallest absolute Gasteiger partial charge is 0.153 e. The summed E-state index contributed by atoms with van der Waals surface area (Å²) < 4.78 is 12.6. The van der Waals surface area contributed by atoms with Gasteiger partial charge in [0.15, 0.2) is 5.84 Å². The molecule has 0 saturated heterocycles. The summed E-state index contributed by atoms with van der Waals surface area (Å²) in [4.78, 5) is 3.84. The van der Waals surface area contributed by atoms with Gasteiger partial charge in [-0.3, -0.25) is 5.41 Å². The zero-order valence-electron chi connectivity index (χ0n) is 8.20. The van der Waals surface area contributed by atoms with Crippen LogP contribution in [0.5, 0.6) is 0 Å². The van der Waals surface area contributed by atoms with Gasteiger partial charge in [0.2, 0.25) is 0 Å². The molecule has 0 heterocycles. The summed E-state index contributed by atoms with van der Waals surface area (Å²) in [7, 11) is 0. The average molecular weight is 208 g/mol. The van der Waals surface area contributed by atoms with Crippen molar-refractivity contribution in [1.82, 2.24) is 0 Å². The van der Waals surface area contributed by atoms with Crippen LogP contribution >= 0.6 is 0 Å². The first kappa shape index (κ1) is 11.3. The van der Waals surface area contributed by atoms with Crippen molar-refractivity contribution in [2.75, 3.05) is 6.54 Å². The lowest BCUT2D eigenvalue weighted by atomic mass is 10.2. The molecule has 0 amide bonds. The molecule has 0 atom stereocenters. The van der Waals surface area contributed by atoms with E-state index in [1.165, 1.54) is 24.3 Å². The minimum atomic E-state index is -0.342. The van der Waals surface area contributed by atoms with Crippen LogP contribution in [-0.2, 0) is 0 Å². The third-order valence-corrected chi connectivity index (χ3v) is 1.77. The number of nitrogens with one attached hydrogen (secondary N) is 1. The predicted molar refractivity (Wildman–Crippen MR) is 58.5 cm³/mol. The van der Waals surface area contributed by atoms with Crippen molar-refractivity contribution in [3.8, 4) is 0 Å². The van der Waals surface area contributed by atoms with Gasteiger partial charge in [0.25, 0.3) is 0 Å². The minimum absolute atomic E-state index is 0.0148. The second-order valence-electron chi connectivity index (χ2n) is 3.00. The fraction of sp³-hybridized carbons (Fsp3) is 0.200. The monoisotopic (exact) mass is 208 g/mol. The van der Waals surface area contributed by atoms with Gasteiger partial charge in [0, 0.05) is 12.0 Å². The van der Waals surface area contributed by atoms with Crippen LogP contribution in [-0.4, -0.2) is 18.2 Å². The zero-order chi connectivity index (χ0) is 11.3. The lowest BCUT2D eigenvalue weighted by molar-refractivity contribution is 0.628. The lowest BCUT2D eigenvalue weighted by Gasteiger charge is -2.00. The van der Waals surface area contributed by atoms with E-state index in [9.17, 15) is 4.39 Å². The molecular formula is C10H13FN4. The molecule has 5 heteroatoms. The van der Waals surface area contributed by atoms with E-state index < -0.39 is 0 Å². The molecule has 0 radical (unpaired) electrons. The number of rotatable bonds is 3. The Kier molecular flexibility index (Phi) is 3.93. The standard InChI is InChI=1S/C10H13FN4/c11-8-3-1-7(2-4-8)10(14)15-9(13)5-6-12/h1-4H,5-6,12H2,(H3,13,14,15). The molecule has 0 spiro atoms.